The molecular formula is C11H17N3O2. The minimum absolute atomic E-state index is 0.220. The molecule has 0 saturated carbocycles. The van der Waals surface area contributed by atoms with Crippen LogP contribution in [-0.2, 0) is 24.2 Å². The Morgan fingerprint density at radius 1 is 1.62 bits per heavy atom. The highest BCUT2D eigenvalue weighted by Gasteiger charge is 2.19. The van der Waals surface area contributed by atoms with Crippen molar-refractivity contribution in [1.82, 2.24) is 15.1 Å². The van der Waals surface area contributed by atoms with Crippen molar-refractivity contribution in [2.45, 2.75) is 32.2 Å². The van der Waals surface area contributed by atoms with Gasteiger partial charge in [-0.15, -0.1) is 0 Å². The standard InChI is InChI=1S/C11H17N3O2/c1-14-6-5-10-8(7-14)9(12-13-10)3-2-4-11(15)16/h2-7H2,1H3,(H,12,13)(H,15,16). The average molecular weight is 223 g/mol. The van der Waals surface area contributed by atoms with E-state index in [1.165, 1.54) is 11.3 Å². The smallest absolute Gasteiger partial charge is 0.303 e. The fourth-order valence-corrected chi connectivity index (χ4v) is 2.10. The Labute approximate surface area is 94.5 Å². The topological polar surface area (TPSA) is 69.2 Å². The summed E-state index contributed by atoms with van der Waals surface area (Å²) < 4.78 is 0. The normalized spacial score (nSPS) is 16.1. The van der Waals surface area contributed by atoms with E-state index in [-0.39, 0.29) is 6.42 Å². The molecule has 0 saturated heterocycles. The van der Waals surface area contributed by atoms with E-state index >= 15 is 0 Å². The number of aromatic amines is 1. The number of aryl methyl sites for hydroxylation is 1. The van der Waals surface area contributed by atoms with Gasteiger partial charge in [-0.3, -0.25) is 9.89 Å². The summed E-state index contributed by atoms with van der Waals surface area (Å²) in [5, 5.41) is 15.9. The van der Waals surface area contributed by atoms with Crippen LogP contribution in [0.2, 0.25) is 0 Å². The van der Waals surface area contributed by atoms with Gasteiger partial charge in [-0.25, -0.2) is 0 Å². The Hall–Kier alpha value is -1.36. The first kappa shape index (κ1) is 11.1. The van der Waals surface area contributed by atoms with Gasteiger partial charge in [-0.2, -0.15) is 5.10 Å². The molecule has 1 aromatic heterocycles. The third-order valence-corrected chi connectivity index (χ3v) is 3.01. The molecule has 0 atom stereocenters. The molecule has 0 radical (unpaired) electrons. The number of carbonyl (C=O) groups is 1. The number of carboxylic acid groups (broad SMARTS) is 1. The zero-order valence-corrected chi connectivity index (χ0v) is 9.49. The highest BCUT2D eigenvalue weighted by atomic mass is 16.4. The third-order valence-electron chi connectivity index (χ3n) is 3.01. The number of H-pyrrole nitrogens is 1. The van der Waals surface area contributed by atoms with Gasteiger partial charge in [0.2, 0.25) is 0 Å². The number of fused-ring (bicyclic) bond motifs is 1. The number of hydrogen-bond donors (Lipinski definition) is 2. The Kier molecular flexibility index (Phi) is 3.24. The van der Waals surface area contributed by atoms with Crippen LogP contribution >= 0.6 is 0 Å². The molecule has 1 aromatic rings. The first-order valence-electron chi connectivity index (χ1n) is 5.62. The number of nitrogens with one attached hydrogen (secondary N) is 1. The highest BCUT2D eigenvalue weighted by Crippen LogP contribution is 2.20. The van der Waals surface area contributed by atoms with Crippen LogP contribution in [0.15, 0.2) is 0 Å². The molecule has 16 heavy (non-hydrogen) atoms. The molecule has 1 aliphatic heterocycles. The van der Waals surface area contributed by atoms with Gasteiger partial charge in [-0.1, -0.05) is 0 Å². The molecule has 1 aliphatic rings. The quantitative estimate of drug-likeness (QED) is 0.792. The molecular weight excluding hydrogens is 206 g/mol. The summed E-state index contributed by atoms with van der Waals surface area (Å²) in [5.74, 6) is -0.735. The van der Waals surface area contributed by atoms with Crippen molar-refractivity contribution in [2.75, 3.05) is 13.6 Å². The minimum Gasteiger partial charge on any atom is -0.481 e. The Bertz CT molecular complexity index is 387. The van der Waals surface area contributed by atoms with E-state index in [1.54, 1.807) is 0 Å². The summed E-state index contributed by atoms with van der Waals surface area (Å²) in [4.78, 5) is 12.7. The fourth-order valence-electron chi connectivity index (χ4n) is 2.10. The van der Waals surface area contributed by atoms with E-state index < -0.39 is 5.97 Å². The van der Waals surface area contributed by atoms with Crippen molar-refractivity contribution in [3.63, 3.8) is 0 Å². The molecule has 88 valence electrons. The molecule has 0 aliphatic carbocycles. The second kappa shape index (κ2) is 4.65. The Balaban J connectivity index is 2.00. The number of carboxylic acids is 1. The van der Waals surface area contributed by atoms with Crippen LogP contribution in [0.4, 0.5) is 0 Å². The van der Waals surface area contributed by atoms with Crippen LogP contribution < -0.4 is 0 Å². The van der Waals surface area contributed by atoms with Crippen molar-refractivity contribution in [2.24, 2.45) is 0 Å². The maximum atomic E-state index is 10.4. The molecule has 2 heterocycles. The number of nitrogens with zero attached hydrogens (tertiary/aromatic N) is 2. The van der Waals surface area contributed by atoms with Crippen LogP contribution in [0.5, 0.6) is 0 Å². The summed E-state index contributed by atoms with van der Waals surface area (Å²) in [6.45, 7) is 1.98. The Morgan fingerprint density at radius 2 is 2.44 bits per heavy atom. The second-order valence-corrected chi connectivity index (χ2v) is 4.36. The Morgan fingerprint density at radius 3 is 3.19 bits per heavy atom. The highest BCUT2D eigenvalue weighted by molar-refractivity contribution is 5.66. The third kappa shape index (κ3) is 2.41. The largest absolute Gasteiger partial charge is 0.481 e. The lowest BCUT2D eigenvalue weighted by Crippen LogP contribution is -2.26. The van der Waals surface area contributed by atoms with Crippen LogP contribution in [0, 0.1) is 0 Å². The summed E-state index contributed by atoms with van der Waals surface area (Å²) >= 11 is 0. The zero-order valence-electron chi connectivity index (χ0n) is 9.49. The van der Waals surface area contributed by atoms with Gasteiger partial charge in [0.25, 0.3) is 0 Å². The van der Waals surface area contributed by atoms with Gasteiger partial charge in [0, 0.05) is 37.2 Å². The predicted octanol–water partition coefficient (Wildman–Crippen LogP) is 0.805. The van der Waals surface area contributed by atoms with E-state index in [0.29, 0.717) is 6.42 Å². The van der Waals surface area contributed by atoms with Crippen molar-refractivity contribution in [3.05, 3.63) is 17.0 Å². The van der Waals surface area contributed by atoms with Crippen LogP contribution in [0.1, 0.15) is 29.8 Å². The number of rotatable bonds is 4. The van der Waals surface area contributed by atoms with Crippen molar-refractivity contribution in [1.29, 1.82) is 0 Å². The van der Waals surface area contributed by atoms with Crippen molar-refractivity contribution >= 4 is 5.97 Å². The van der Waals surface area contributed by atoms with Crippen LogP contribution in [0.3, 0.4) is 0 Å². The molecule has 0 amide bonds. The maximum Gasteiger partial charge on any atom is 0.303 e. The average Bonchev–Trinajstić information content (AvgIpc) is 2.60. The number of likely N-dealkylation sites (N-methyl/N-ethyl adjacent to an activating group) is 1. The van der Waals surface area contributed by atoms with Crippen LogP contribution in [-0.4, -0.2) is 39.8 Å². The molecule has 0 fully saturated rings. The second-order valence-electron chi connectivity index (χ2n) is 4.36. The van der Waals surface area contributed by atoms with E-state index in [4.69, 9.17) is 5.11 Å². The first-order chi connectivity index (χ1) is 7.66. The number of aliphatic carboxylic acids is 1. The van der Waals surface area contributed by atoms with Gasteiger partial charge >= 0.3 is 5.97 Å². The lowest BCUT2D eigenvalue weighted by atomic mass is 10.0. The van der Waals surface area contributed by atoms with E-state index in [1.807, 2.05) is 0 Å². The summed E-state index contributed by atoms with van der Waals surface area (Å²) in [5.41, 5.74) is 3.55. The maximum absolute atomic E-state index is 10.4. The summed E-state index contributed by atoms with van der Waals surface area (Å²) in [6.07, 6.45) is 2.65. The molecule has 2 N–H and O–H groups in total. The van der Waals surface area contributed by atoms with Gasteiger partial charge in [0.1, 0.15) is 0 Å². The SMILES string of the molecule is CN1CCc2[nH]nc(CCCC(=O)O)c2C1. The summed E-state index contributed by atoms with van der Waals surface area (Å²) in [6, 6.07) is 0. The van der Waals surface area contributed by atoms with Gasteiger partial charge in [-0.05, 0) is 19.9 Å². The zero-order chi connectivity index (χ0) is 11.5. The molecule has 5 nitrogen and oxygen atoms in total. The lowest BCUT2D eigenvalue weighted by molar-refractivity contribution is -0.137. The minimum atomic E-state index is -0.735. The van der Waals surface area contributed by atoms with E-state index in [9.17, 15) is 4.79 Å². The van der Waals surface area contributed by atoms with E-state index in [0.717, 1.165) is 31.6 Å². The molecule has 0 aromatic carbocycles. The van der Waals surface area contributed by atoms with E-state index in [2.05, 4.69) is 22.1 Å². The molecule has 5 heteroatoms. The first-order valence-corrected chi connectivity index (χ1v) is 5.62. The summed E-state index contributed by atoms with van der Waals surface area (Å²) in [7, 11) is 2.09. The van der Waals surface area contributed by atoms with Gasteiger partial charge in [0.05, 0.1) is 5.69 Å². The predicted molar refractivity (Wildman–Crippen MR) is 59.2 cm³/mol. The van der Waals surface area contributed by atoms with Crippen LogP contribution in [0.25, 0.3) is 0 Å². The van der Waals surface area contributed by atoms with Gasteiger partial charge < -0.3 is 10.0 Å². The molecule has 2 rings (SSSR count). The monoisotopic (exact) mass is 223 g/mol. The lowest BCUT2D eigenvalue weighted by Gasteiger charge is -2.22. The fraction of sp³-hybridized carbons (Fsp3) is 0.636. The number of hydrogen-bond acceptors (Lipinski definition) is 3. The molecule has 0 bridgehead atoms. The van der Waals surface area contributed by atoms with Crippen molar-refractivity contribution < 1.29 is 9.90 Å². The molecule has 0 unspecified atom stereocenters. The number of aromatic nitrogens is 2. The van der Waals surface area contributed by atoms with Gasteiger partial charge in [0.15, 0.2) is 0 Å². The van der Waals surface area contributed by atoms with Crippen molar-refractivity contribution in [3.8, 4) is 0 Å². The molecule has 0 spiro atoms.